The summed E-state index contributed by atoms with van der Waals surface area (Å²) in [7, 11) is 1.92. The number of aryl methyl sites for hydroxylation is 2. The maximum Gasteiger partial charge on any atom is 0.227 e. The number of piperidine rings is 1. The summed E-state index contributed by atoms with van der Waals surface area (Å²) in [5.41, 5.74) is 3.45. The van der Waals surface area contributed by atoms with Gasteiger partial charge >= 0.3 is 0 Å². The van der Waals surface area contributed by atoms with Crippen LogP contribution in [0.5, 0.6) is 0 Å². The van der Waals surface area contributed by atoms with Gasteiger partial charge < -0.3 is 4.90 Å². The van der Waals surface area contributed by atoms with Crippen LogP contribution in [0.4, 0.5) is 0 Å². The van der Waals surface area contributed by atoms with Gasteiger partial charge in [0.25, 0.3) is 0 Å². The first-order valence-electron chi connectivity index (χ1n) is 7.97. The van der Waals surface area contributed by atoms with Gasteiger partial charge in [-0.25, -0.2) is 0 Å². The van der Waals surface area contributed by atoms with Crippen molar-refractivity contribution in [3.8, 4) is 0 Å². The normalized spacial score (nSPS) is 18.5. The molecule has 4 heteroatoms. The second-order valence-electron chi connectivity index (χ2n) is 6.21. The van der Waals surface area contributed by atoms with Crippen molar-refractivity contribution < 1.29 is 4.79 Å². The zero-order chi connectivity index (χ0) is 15.5. The highest BCUT2D eigenvalue weighted by atomic mass is 16.2. The molecule has 0 spiro atoms. The Morgan fingerprint density at radius 3 is 2.95 bits per heavy atom. The molecule has 1 aromatic carbocycles. The van der Waals surface area contributed by atoms with E-state index < -0.39 is 0 Å². The molecule has 2 heterocycles. The smallest absolute Gasteiger partial charge is 0.227 e. The first-order chi connectivity index (χ1) is 10.6. The number of hydrogen-bond donors (Lipinski definition) is 0. The lowest BCUT2D eigenvalue weighted by Crippen LogP contribution is -2.39. The molecule has 1 amide bonds. The Morgan fingerprint density at radius 2 is 2.23 bits per heavy atom. The summed E-state index contributed by atoms with van der Waals surface area (Å²) in [6.45, 7) is 2.91. The maximum absolute atomic E-state index is 12.8. The van der Waals surface area contributed by atoms with E-state index in [1.165, 1.54) is 12.0 Å². The Labute approximate surface area is 131 Å². The van der Waals surface area contributed by atoms with E-state index in [0.717, 1.165) is 30.5 Å². The number of carbonyl (C=O) groups excluding carboxylic acids is 1. The summed E-state index contributed by atoms with van der Waals surface area (Å²) >= 11 is 0. The summed E-state index contributed by atoms with van der Waals surface area (Å²) in [6.07, 6.45) is 7.71. The molecular formula is C18H23N3O. The van der Waals surface area contributed by atoms with Gasteiger partial charge in [0.15, 0.2) is 0 Å². The Hall–Kier alpha value is -2.10. The van der Waals surface area contributed by atoms with E-state index in [0.29, 0.717) is 6.42 Å². The molecule has 1 aliphatic rings. The molecule has 0 radical (unpaired) electrons. The van der Waals surface area contributed by atoms with Crippen molar-refractivity contribution in [1.82, 2.24) is 14.7 Å². The highest BCUT2D eigenvalue weighted by molar-refractivity contribution is 5.79. The largest absolute Gasteiger partial charge is 0.335 e. The average molecular weight is 297 g/mol. The van der Waals surface area contributed by atoms with Crippen molar-refractivity contribution in [2.24, 2.45) is 7.05 Å². The van der Waals surface area contributed by atoms with Crippen LogP contribution in [-0.4, -0.2) is 27.1 Å². The summed E-state index contributed by atoms with van der Waals surface area (Å²) in [5.74, 6) is 0.221. The van der Waals surface area contributed by atoms with Crippen LogP contribution < -0.4 is 0 Å². The minimum Gasteiger partial charge on any atom is -0.335 e. The van der Waals surface area contributed by atoms with Crippen LogP contribution >= 0.6 is 0 Å². The predicted octanol–water partition coefficient (Wildman–Crippen LogP) is 3.02. The lowest BCUT2D eigenvalue weighted by atomic mass is 9.96. The second kappa shape index (κ2) is 6.34. The molecule has 1 saturated heterocycles. The van der Waals surface area contributed by atoms with E-state index >= 15 is 0 Å². The van der Waals surface area contributed by atoms with Gasteiger partial charge in [0.05, 0.1) is 18.7 Å². The number of carbonyl (C=O) groups is 1. The maximum atomic E-state index is 12.8. The Balaban J connectivity index is 1.76. The van der Waals surface area contributed by atoms with Crippen LogP contribution in [0.15, 0.2) is 36.7 Å². The molecule has 1 atom stereocenters. The fourth-order valence-electron chi connectivity index (χ4n) is 3.29. The second-order valence-corrected chi connectivity index (χ2v) is 6.21. The Morgan fingerprint density at radius 1 is 1.36 bits per heavy atom. The molecule has 0 saturated carbocycles. The van der Waals surface area contributed by atoms with Gasteiger partial charge in [-0.05, 0) is 31.7 Å². The molecule has 1 aromatic heterocycles. The molecule has 1 unspecified atom stereocenters. The summed E-state index contributed by atoms with van der Waals surface area (Å²) < 4.78 is 1.81. The number of benzene rings is 1. The van der Waals surface area contributed by atoms with E-state index in [1.807, 2.05) is 41.2 Å². The van der Waals surface area contributed by atoms with Crippen molar-refractivity contribution in [2.75, 3.05) is 6.54 Å². The third-order valence-corrected chi connectivity index (χ3v) is 4.37. The van der Waals surface area contributed by atoms with E-state index in [9.17, 15) is 4.79 Å². The molecule has 0 N–H and O–H groups in total. The SMILES string of the molecule is Cc1cccc(CC(=O)N2CCCCC2c2cnn(C)c2)c1. The molecule has 22 heavy (non-hydrogen) atoms. The van der Waals surface area contributed by atoms with Gasteiger partial charge in [-0.15, -0.1) is 0 Å². The number of rotatable bonds is 3. The van der Waals surface area contributed by atoms with E-state index in [4.69, 9.17) is 0 Å². The zero-order valence-corrected chi connectivity index (χ0v) is 13.3. The Kier molecular flexibility index (Phi) is 4.27. The summed E-state index contributed by atoms with van der Waals surface area (Å²) in [4.78, 5) is 14.8. The first kappa shape index (κ1) is 14.8. The van der Waals surface area contributed by atoms with Crippen LogP contribution in [0.3, 0.4) is 0 Å². The summed E-state index contributed by atoms with van der Waals surface area (Å²) in [5, 5.41) is 4.26. The molecule has 116 valence electrons. The van der Waals surface area contributed by atoms with Gasteiger partial charge in [0.1, 0.15) is 0 Å². The quantitative estimate of drug-likeness (QED) is 0.873. The molecule has 0 aliphatic carbocycles. The fourth-order valence-corrected chi connectivity index (χ4v) is 3.29. The van der Waals surface area contributed by atoms with Crippen molar-refractivity contribution in [1.29, 1.82) is 0 Å². The number of nitrogens with zero attached hydrogens (tertiary/aromatic N) is 3. The van der Waals surface area contributed by atoms with Gasteiger partial charge in [-0.2, -0.15) is 5.10 Å². The molecule has 1 aliphatic heterocycles. The monoisotopic (exact) mass is 297 g/mol. The zero-order valence-electron chi connectivity index (χ0n) is 13.3. The molecule has 3 rings (SSSR count). The van der Waals surface area contributed by atoms with Gasteiger partial charge in [-0.1, -0.05) is 29.8 Å². The minimum absolute atomic E-state index is 0.180. The summed E-state index contributed by atoms with van der Waals surface area (Å²) in [6, 6.07) is 8.40. The van der Waals surface area contributed by atoms with Crippen LogP contribution in [0.2, 0.25) is 0 Å². The van der Waals surface area contributed by atoms with Crippen LogP contribution in [-0.2, 0) is 18.3 Å². The lowest BCUT2D eigenvalue weighted by Gasteiger charge is -2.35. The third kappa shape index (κ3) is 3.21. The number of amides is 1. The van der Waals surface area contributed by atoms with Gasteiger partial charge in [-0.3, -0.25) is 9.48 Å². The third-order valence-electron chi connectivity index (χ3n) is 4.37. The molecule has 2 aromatic rings. The van der Waals surface area contributed by atoms with E-state index in [1.54, 1.807) is 0 Å². The van der Waals surface area contributed by atoms with Crippen LogP contribution in [0.1, 0.15) is 42.0 Å². The van der Waals surface area contributed by atoms with Gasteiger partial charge in [0.2, 0.25) is 5.91 Å². The van der Waals surface area contributed by atoms with Crippen LogP contribution in [0, 0.1) is 6.92 Å². The lowest BCUT2D eigenvalue weighted by molar-refractivity contribution is -0.134. The van der Waals surface area contributed by atoms with E-state index in [-0.39, 0.29) is 11.9 Å². The number of hydrogen-bond acceptors (Lipinski definition) is 2. The molecular weight excluding hydrogens is 274 g/mol. The van der Waals surface area contributed by atoms with Crippen molar-refractivity contribution in [3.63, 3.8) is 0 Å². The van der Waals surface area contributed by atoms with Crippen molar-refractivity contribution in [2.45, 2.75) is 38.6 Å². The predicted molar refractivity (Wildman–Crippen MR) is 86.4 cm³/mol. The Bertz CT molecular complexity index is 662. The van der Waals surface area contributed by atoms with Gasteiger partial charge in [0, 0.05) is 25.4 Å². The molecule has 4 nitrogen and oxygen atoms in total. The first-order valence-corrected chi connectivity index (χ1v) is 7.97. The number of likely N-dealkylation sites (tertiary alicyclic amines) is 1. The minimum atomic E-state index is 0.180. The van der Waals surface area contributed by atoms with E-state index in [2.05, 4.69) is 24.2 Å². The van der Waals surface area contributed by atoms with Crippen molar-refractivity contribution >= 4 is 5.91 Å². The highest BCUT2D eigenvalue weighted by Crippen LogP contribution is 2.31. The van der Waals surface area contributed by atoms with Crippen molar-refractivity contribution in [3.05, 3.63) is 53.3 Å². The fraction of sp³-hybridized carbons (Fsp3) is 0.444. The highest BCUT2D eigenvalue weighted by Gasteiger charge is 2.28. The standard InChI is InChI=1S/C18H23N3O/c1-14-6-5-7-15(10-14)11-18(22)21-9-4-3-8-17(21)16-12-19-20(2)13-16/h5-7,10,12-13,17H,3-4,8-9,11H2,1-2H3. The average Bonchev–Trinajstić information content (AvgIpc) is 2.94. The molecule has 1 fully saturated rings. The topological polar surface area (TPSA) is 38.1 Å². The number of aromatic nitrogens is 2. The molecule has 0 bridgehead atoms. The van der Waals surface area contributed by atoms with Crippen LogP contribution in [0.25, 0.3) is 0 Å².